The van der Waals surface area contributed by atoms with E-state index in [0.717, 1.165) is 5.69 Å². The van der Waals surface area contributed by atoms with E-state index in [1.54, 1.807) is 17.1 Å². The van der Waals surface area contributed by atoms with E-state index in [0.29, 0.717) is 5.56 Å². The zero-order valence-corrected chi connectivity index (χ0v) is 8.62. The van der Waals surface area contributed by atoms with Crippen molar-refractivity contribution in [3.05, 3.63) is 42.2 Å². The minimum atomic E-state index is -0.297. The molecule has 1 aromatic carbocycles. The first-order valence-corrected chi connectivity index (χ1v) is 4.15. The van der Waals surface area contributed by atoms with Crippen LogP contribution < -0.4 is 5.73 Å². The van der Waals surface area contributed by atoms with Crippen LogP contribution in [0.5, 0.6) is 0 Å². The van der Waals surface area contributed by atoms with Crippen LogP contribution in [0.15, 0.2) is 30.9 Å². The molecule has 0 saturated heterocycles. The van der Waals surface area contributed by atoms with Crippen molar-refractivity contribution in [2.75, 3.05) is 0 Å². The molecule has 6 heteroatoms. The summed E-state index contributed by atoms with van der Waals surface area (Å²) in [7, 11) is 0. The minimum absolute atomic E-state index is 0. The summed E-state index contributed by atoms with van der Waals surface area (Å²) in [6, 6.07) is 4.40. The van der Waals surface area contributed by atoms with Gasteiger partial charge in [0, 0.05) is 6.54 Å². The summed E-state index contributed by atoms with van der Waals surface area (Å²) in [6.07, 6.45) is 2.97. The van der Waals surface area contributed by atoms with Crippen LogP contribution in [-0.2, 0) is 6.54 Å². The third kappa shape index (κ3) is 2.31. The monoisotopic (exact) mass is 228 g/mol. The average Bonchev–Trinajstić information content (AvgIpc) is 2.70. The summed E-state index contributed by atoms with van der Waals surface area (Å²) < 4.78 is 14.4. The Morgan fingerprint density at radius 3 is 2.80 bits per heavy atom. The molecule has 0 fully saturated rings. The number of nitrogens with zero attached hydrogens (tertiary/aromatic N) is 3. The quantitative estimate of drug-likeness (QED) is 0.843. The van der Waals surface area contributed by atoms with Gasteiger partial charge in [-0.2, -0.15) is 5.10 Å². The fourth-order valence-electron chi connectivity index (χ4n) is 1.27. The van der Waals surface area contributed by atoms with Crippen molar-refractivity contribution in [2.45, 2.75) is 6.54 Å². The van der Waals surface area contributed by atoms with Crippen molar-refractivity contribution >= 4 is 12.4 Å². The Balaban J connectivity index is 0.00000112. The Kier molecular flexibility index (Phi) is 3.76. The number of benzene rings is 1. The second-order valence-corrected chi connectivity index (χ2v) is 2.82. The Labute approximate surface area is 92.3 Å². The van der Waals surface area contributed by atoms with Gasteiger partial charge in [0.1, 0.15) is 18.5 Å². The van der Waals surface area contributed by atoms with Crippen molar-refractivity contribution in [3.63, 3.8) is 0 Å². The third-order valence-electron chi connectivity index (χ3n) is 1.93. The number of rotatable bonds is 2. The Morgan fingerprint density at radius 1 is 1.40 bits per heavy atom. The van der Waals surface area contributed by atoms with E-state index in [-0.39, 0.29) is 24.8 Å². The molecule has 1 heterocycles. The van der Waals surface area contributed by atoms with Gasteiger partial charge in [-0.25, -0.2) is 14.1 Å². The van der Waals surface area contributed by atoms with E-state index in [1.165, 1.54) is 18.5 Å². The number of halogens is 2. The smallest absolute Gasteiger partial charge is 0.138 e. The number of hydrogen-bond donors (Lipinski definition) is 1. The van der Waals surface area contributed by atoms with Gasteiger partial charge in [0.2, 0.25) is 0 Å². The molecule has 15 heavy (non-hydrogen) atoms. The highest BCUT2D eigenvalue weighted by Crippen LogP contribution is 2.14. The Hall–Kier alpha value is -1.46. The van der Waals surface area contributed by atoms with Crippen LogP contribution in [-0.4, -0.2) is 14.8 Å². The van der Waals surface area contributed by atoms with Crippen molar-refractivity contribution in [2.24, 2.45) is 5.73 Å². The average molecular weight is 229 g/mol. The second-order valence-electron chi connectivity index (χ2n) is 2.82. The molecule has 0 bridgehead atoms. The number of hydrogen-bond acceptors (Lipinski definition) is 3. The lowest BCUT2D eigenvalue weighted by molar-refractivity contribution is 0.624. The highest BCUT2D eigenvalue weighted by Gasteiger charge is 2.04. The van der Waals surface area contributed by atoms with Crippen LogP contribution in [0.3, 0.4) is 0 Å². The third-order valence-corrected chi connectivity index (χ3v) is 1.93. The van der Waals surface area contributed by atoms with E-state index in [1.807, 2.05) is 0 Å². The molecule has 0 aliphatic heterocycles. The first-order chi connectivity index (χ1) is 6.81. The molecule has 0 atom stereocenters. The Bertz CT molecular complexity index is 430. The van der Waals surface area contributed by atoms with Crippen LogP contribution in [0.2, 0.25) is 0 Å². The van der Waals surface area contributed by atoms with Crippen LogP contribution in [0.4, 0.5) is 4.39 Å². The van der Waals surface area contributed by atoms with Gasteiger partial charge in [0.15, 0.2) is 0 Å². The number of nitrogens with two attached hydrogens (primary N) is 1. The predicted molar refractivity (Wildman–Crippen MR) is 56.5 cm³/mol. The molecule has 0 unspecified atom stereocenters. The molecule has 0 aliphatic carbocycles. The van der Waals surface area contributed by atoms with E-state index >= 15 is 0 Å². The fourth-order valence-corrected chi connectivity index (χ4v) is 1.27. The summed E-state index contributed by atoms with van der Waals surface area (Å²) in [5.41, 5.74) is 6.96. The topological polar surface area (TPSA) is 56.7 Å². The number of aromatic nitrogens is 3. The predicted octanol–water partition coefficient (Wildman–Crippen LogP) is 1.29. The van der Waals surface area contributed by atoms with E-state index in [4.69, 9.17) is 5.73 Å². The molecule has 0 spiro atoms. The van der Waals surface area contributed by atoms with Gasteiger partial charge in [-0.05, 0) is 23.8 Å². The standard InChI is InChI=1S/C9H9FN4.ClH/c10-8-1-2-9(7(3-8)4-11)14-6-12-5-13-14;/h1-3,5-6H,4,11H2;1H. The lowest BCUT2D eigenvalue weighted by Gasteiger charge is -2.06. The fraction of sp³-hybridized carbons (Fsp3) is 0.111. The summed E-state index contributed by atoms with van der Waals surface area (Å²) in [6.45, 7) is 0.271. The van der Waals surface area contributed by atoms with E-state index < -0.39 is 0 Å². The zero-order valence-electron chi connectivity index (χ0n) is 7.80. The molecular weight excluding hydrogens is 219 g/mol. The molecule has 4 nitrogen and oxygen atoms in total. The molecule has 2 aromatic rings. The summed E-state index contributed by atoms with van der Waals surface area (Å²) >= 11 is 0. The molecule has 0 aliphatic rings. The van der Waals surface area contributed by atoms with Crippen molar-refractivity contribution < 1.29 is 4.39 Å². The van der Waals surface area contributed by atoms with Gasteiger partial charge in [-0.1, -0.05) is 0 Å². The van der Waals surface area contributed by atoms with Gasteiger partial charge in [0.05, 0.1) is 5.69 Å². The summed E-state index contributed by atoms with van der Waals surface area (Å²) in [5.74, 6) is -0.297. The van der Waals surface area contributed by atoms with Gasteiger partial charge in [-0.15, -0.1) is 12.4 Å². The maximum atomic E-state index is 12.9. The highest BCUT2D eigenvalue weighted by molar-refractivity contribution is 5.85. The SMILES string of the molecule is Cl.NCc1cc(F)ccc1-n1cncn1. The van der Waals surface area contributed by atoms with Gasteiger partial charge in [-0.3, -0.25) is 0 Å². The molecular formula is C9H10ClFN4. The summed E-state index contributed by atoms with van der Waals surface area (Å²) in [5, 5.41) is 3.95. The molecule has 80 valence electrons. The van der Waals surface area contributed by atoms with E-state index in [2.05, 4.69) is 10.1 Å². The molecule has 0 amide bonds. The van der Waals surface area contributed by atoms with Crippen LogP contribution in [0.25, 0.3) is 5.69 Å². The second kappa shape index (κ2) is 4.86. The normalized spacial score (nSPS) is 9.73. The first kappa shape index (κ1) is 11.6. The maximum absolute atomic E-state index is 12.9. The minimum Gasteiger partial charge on any atom is -0.326 e. The van der Waals surface area contributed by atoms with Crippen molar-refractivity contribution in [1.29, 1.82) is 0 Å². The van der Waals surface area contributed by atoms with E-state index in [9.17, 15) is 4.39 Å². The zero-order chi connectivity index (χ0) is 9.97. The lowest BCUT2D eigenvalue weighted by Crippen LogP contribution is -2.05. The largest absolute Gasteiger partial charge is 0.326 e. The molecule has 1 aromatic heterocycles. The highest BCUT2D eigenvalue weighted by atomic mass is 35.5. The van der Waals surface area contributed by atoms with Gasteiger partial charge < -0.3 is 5.73 Å². The molecule has 2 N–H and O–H groups in total. The van der Waals surface area contributed by atoms with Crippen molar-refractivity contribution in [1.82, 2.24) is 14.8 Å². The molecule has 2 rings (SSSR count). The molecule has 0 radical (unpaired) electrons. The lowest BCUT2D eigenvalue weighted by atomic mass is 10.2. The van der Waals surface area contributed by atoms with Gasteiger partial charge in [0.25, 0.3) is 0 Å². The first-order valence-electron chi connectivity index (χ1n) is 4.15. The van der Waals surface area contributed by atoms with Gasteiger partial charge >= 0.3 is 0 Å². The van der Waals surface area contributed by atoms with Crippen LogP contribution >= 0.6 is 12.4 Å². The Morgan fingerprint density at radius 2 is 2.20 bits per heavy atom. The van der Waals surface area contributed by atoms with Crippen molar-refractivity contribution in [3.8, 4) is 5.69 Å². The van der Waals surface area contributed by atoms with Crippen LogP contribution in [0, 0.1) is 5.82 Å². The molecule has 0 saturated carbocycles. The van der Waals surface area contributed by atoms with Crippen LogP contribution in [0.1, 0.15) is 5.56 Å². The summed E-state index contributed by atoms with van der Waals surface area (Å²) in [4.78, 5) is 3.81. The maximum Gasteiger partial charge on any atom is 0.138 e.